The Morgan fingerprint density at radius 1 is 1.11 bits per heavy atom. The van der Waals surface area contributed by atoms with Crippen LogP contribution in [0.1, 0.15) is 11.1 Å². The normalized spacial score (nSPS) is 10.7. The SMILES string of the molecule is COc1cc2[nH]cc(CCNC(=O)Cc3cccc(F)c3)c2c(OC)c1OC. The quantitative estimate of drug-likeness (QED) is 0.623. The van der Waals surface area contributed by atoms with Crippen molar-refractivity contribution in [2.45, 2.75) is 12.8 Å². The number of carbonyl (C=O) groups excluding carboxylic acids is 1. The van der Waals surface area contributed by atoms with Gasteiger partial charge >= 0.3 is 0 Å². The first-order valence-corrected chi connectivity index (χ1v) is 8.87. The van der Waals surface area contributed by atoms with Crippen molar-refractivity contribution in [1.29, 1.82) is 0 Å². The van der Waals surface area contributed by atoms with Crippen molar-refractivity contribution in [2.75, 3.05) is 27.9 Å². The van der Waals surface area contributed by atoms with Crippen molar-refractivity contribution in [1.82, 2.24) is 10.3 Å². The molecule has 6 nitrogen and oxygen atoms in total. The summed E-state index contributed by atoms with van der Waals surface area (Å²) in [6.07, 6.45) is 2.62. The van der Waals surface area contributed by atoms with Crippen LogP contribution in [0.5, 0.6) is 17.2 Å². The number of rotatable bonds is 8. The summed E-state index contributed by atoms with van der Waals surface area (Å²) >= 11 is 0. The van der Waals surface area contributed by atoms with Crippen LogP contribution < -0.4 is 19.5 Å². The number of halogens is 1. The molecular formula is C21H23FN2O4. The molecule has 148 valence electrons. The Bertz CT molecular complexity index is 984. The van der Waals surface area contributed by atoms with E-state index in [-0.39, 0.29) is 18.1 Å². The van der Waals surface area contributed by atoms with E-state index in [1.165, 1.54) is 12.1 Å². The van der Waals surface area contributed by atoms with Crippen LogP contribution >= 0.6 is 0 Å². The van der Waals surface area contributed by atoms with Crippen molar-refractivity contribution >= 4 is 16.8 Å². The summed E-state index contributed by atoms with van der Waals surface area (Å²) in [6, 6.07) is 7.90. The van der Waals surface area contributed by atoms with E-state index in [0.29, 0.717) is 35.8 Å². The highest BCUT2D eigenvalue weighted by Crippen LogP contribution is 2.44. The van der Waals surface area contributed by atoms with E-state index in [9.17, 15) is 9.18 Å². The molecule has 0 unspecified atom stereocenters. The van der Waals surface area contributed by atoms with Gasteiger partial charge in [0.1, 0.15) is 5.82 Å². The molecule has 0 aliphatic heterocycles. The summed E-state index contributed by atoms with van der Waals surface area (Å²) in [7, 11) is 4.71. The van der Waals surface area contributed by atoms with E-state index in [1.807, 2.05) is 12.3 Å². The summed E-state index contributed by atoms with van der Waals surface area (Å²) < 4.78 is 29.6. The minimum absolute atomic E-state index is 0.139. The van der Waals surface area contributed by atoms with Crippen molar-refractivity contribution in [3.63, 3.8) is 0 Å². The molecule has 3 rings (SSSR count). The number of fused-ring (bicyclic) bond motifs is 1. The lowest BCUT2D eigenvalue weighted by Gasteiger charge is -2.14. The summed E-state index contributed by atoms with van der Waals surface area (Å²) in [6.45, 7) is 0.443. The number of hydrogen-bond acceptors (Lipinski definition) is 4. The molecule has 1 aromatic heterocycles. The molecule has 28 heavy (non-hydrogen) atoms. The topological polar surface area (TPSA) is 72.6 Å². The Morgan fingerprint density at radius 3 is 2.57 bits per heavy atom. The predicted octanol–water partition coefficient (Wildman–Crippen LogP) is 3.23. The number of carbonyl (C=O) groups is 1. The lowest BCUT2D eigenvalue weighted by molar-refractivity contribution is -0.120. The highest BCUT2D eigenvalue weighted by atomic mass is 19.1. The smallest absolute Gasteiger partial charge is 0.224 e. The highest BCUT2D eigenvalue weighted by Gasteiger charge is 2.19. The summed E-state index contributed by atoms with van der Waals surface area (Å²) in [5, 5.41) is 3.76. The Balaban J connectivity index is 1.71. The fourth-order valence-electron chi connectivity index (χ4n) is 3.25. The van der Waals surface area contributed by atoms with Crippen LogP contribution in [0.15, 0.2) is 36.5 Å². The molecule has 0 atom stereocenters. The van der Waals surface area contributed by atoms with Crippen LogP contribution in [0.4, 0.5) is 4.39 Å². The largest absolute Gasteiger partial charge is 0.493 e. The predicted molar refractivity (Wildman–Crippen MR) is 105 cm³/mol. The molecule has 0 aliphatic rings. The van der Waals surface area contributed by atoms with E-state index < -0.39 is 0 Å². The lowest BCUT2D eigenvalue weighted by Crippen LogP contribution is -2.27. The van der Waals surface area contributed by atoms with Crippen LogP contribution in [-0.2, 0) is 17.6 Å². The molecule has 2 aromatic carbocycles. The second-order valence-corrected chi connectivity index (χ2v) is 6.29. The number of nitrogens with one attached hydrogen (secondary N) is 2. The van der Waals surface area contributed by atoms with Gasteiger partial charge in [0.2, 0.25) is 11.7 Å². The van der Waals surface area contributed by atoms with Crippen molar-refractivity contribution in [3.8, 4) is 17.2 Å². The lowest BCUT2D eigenvalue weighted by atomic mass is 10.1. The van der Waals surface area contributed by atoms with Gasteiger partial charge in [0.25, 0.3) is 0 Å². The summed E-state index contributed by atoms with van der Waals surface area (Å²) in [5.74, 6) is 1.17. The highest BCUT2D eigenvalue weighted by molar-refractivity contribution is 5.94. The first kappa shape index (κ1) is 19.5. The van der Waals surface area contributed by atoms with Gasteiger partial charge < -0.3 is 24.5 Å². The summed E-state index contributed by atoms with van der Waals surface area (Å²) in [4.78, 5) is 15.3. The van der Waals surface area contributed by atoms with E-state index >= 15 is 0 Å². The number of aromatic amines is 1. The zero-order valence-electron chi connectivity index (χ0n) is 16.1. The first-order valence-electron chi connectivity index (χ1n) is 8.87. The minimum atomic E-state index is -0.347. The minimum Gasteiger partial charge on any atom is -0.493 e. The molecule has 1 amide bonds. The van der Waals surface area contributed by atoms with Crippen molar-refractivity contribution < 1.29 is 23.4 Å². The van der Waals surface area contributed by atoms with E-state index in [1.54, 1.807) is 33.5 Å². The number of benzene rings is 2. The van der Waals surface area contributed by atoms with Gasteiger partial charge in [-0.3, -0.25) is 4.79 Å². The van der Waals surface area contributed by atoms with E-state index in [0.717, 1.165) is 16.5 Å². The number of hydrogen-bond donors (Lipinski definition) is 2. The third-order valence-corrected chi connectivity index (χ3v) is 4.52. The van der Waals surface area contributed by atoms with Crippen LogP contribution in [0.3, 0.4) is 0 Å². The number of methoxy groups -OCH3 is 3. The van der Waals surface area contributed by atoms with Gasteiger partial charge in [-0.25, -0.2) is 4.39 Å². The maximum atomic E-state index is 13.2. The van der Waals surface area contributed by atoms with Crippen molar-refractivity contribution in [3.05, 3.63) is 53.5 Å². The maximum absolute atomic E-state index is 13.2. The average molecular weight is 386 g/mol. The number of amides is 1. The number of H-pyrrole nitrogens is 1. The van der Waals surface area contributed by atoms with Gasteiger partial charge in [0, 0.05) is 24.2 Å². The van der Waals surface area contributed by atoms with Crippen molar-refractivity contribution in [2.24, 2.45) is 0 Å². The van der Waals surface area contributed by atoms with Gasteiger partial charge in [0.15, 0.2) is 11.5 Å². The Labute approximate surface area is 162 Å². The van der Waals surface area contributed by atoms with Crippen LogP contribution in [0.25, 0.3) is 10.9 Å². The molecule has 3 aromatic rings. The van der Waals surface area contributed by atoms with Gasteiger partial charge in [-0.2, -0.15) is 0 Å². The standard InChI is InChI=1S/C21H23FN2O4/c1-26-17-11-16-19(21(28-3)20(17)27-2)14(12-24-16)7-8-23-18(25)10-13-5-4-6-15(22)9-13/h4-6,9,11-12,24H,7-8,10H2,1-3H3,(H,23,25). The number of ether oxygens (including phenoxy) is 3. The summed E-state index contributed by atoms with van der Waals surface area (Å²) in [5.41, 5.74) is 2.48. The second kappa shape index (κ2) is 8.65. The van der Waals surface area contributed by atoms with E-state index in [2.05, 4.69) is 10.3 Å². The third kappa shape index (κ3) is 4.03. The molecule has 0 bridgehead atoms. The van der Waals surface area contributed by atoms with Crippen LogP contribution in [-0.4, -0.2) is 38.8 Å². The number of aromatic nitrogens is 1. The molecule has 0 fully saturated rings. The van der Waals surface area contributed by atoms with Gasteiger partial charge in [-0.1, -0.05) is 12.1 Å². The molecule has 0 spiro atoms. The maximum Gasteiger partial charge on any atom is 0.224 e. The Morgan fingerprint density at radius 2 is 1.89 bits per heavy atom. The first-order chi connectivity index (χ1) is 13.6. The zero-order chi connectivity index (χ0) is 20.1. The average Bonchev–Trinajstić information content (AvgIpc) is 3.09. The fourth-order valence-corrected chi connectivity index (χ4v) is 3.25. The zero-order valence-corrected chi connectivity index (χ0v) is 16.1. The molecular weight excluding hydrogens is 363 g/mol. The second-order valence-electron chi connectivity index (χ2n) is 6.29. The van der Waals surface area contributed by atoms with E-state index in [4.69, 9.17) is 14.2 Å². The van der Waals surface area contributed by atoms with Gasteiger partial charge in [-0.15, -0.1) is 0 Å². The monoisotopic (exact) mass is 386 g/mol. The Kier molecular flexibility index (Phi) is 6.03. The molecule has 0 saturated heterocycles. The van der Waals surface area contributed by atoms with Gasteiger partial charge in [-0.05, 0) is 29.7 Å². The van der Waals surface area contributed by atoms with Crippen LogP contribution in [0, 0.1) is 5.82 Å². The molecule has 0 aliphatic carbocycles. The van der Waals surface area contributed by atoms with Gasteiger partial charge in [0.05, 0.1) is 33.3 Å². The fraction of sp³-hybridized carbons (Fsp3) is 0.286. The molecule has 0 radical (unpaired) electrons. The molecule has 1 heterocycles. The van der Waals surface area contributed by atoms with Crippen LogP contribution in [0.2, 0.25) is 0 Å². The Hall–Kier alpha value is -3.22. The molecule has 2 N–H and O–H groups in total. The third-order valence-electron chi connectivity index (χ3n) is 4.52. The molecule has 7 heteroatoms. The molecule has 0 saturated carbocycles.